The SMILES string of the molecule is COc1cc(C(=O)Nc2cnc3ccccc3c2)ncn1. The summed E-state index contributed by atoms with van der Waals surface area (Å²) in [5, 5.41) is 3.71. The molecule has 1 N–H and O–H groups in total. The van der Waals surface area contributed by atoms with Crippen LogP contribution in [0.1, 0.15) is 10.5 Å². The minimum Gasteiger partial charge on any atom is -0.481 e. The first kappa shape index (κ1) is 13.0. The van der Waals surface area contributed by atoms with Gasteiger partial charge in [-0.25, -0.2) is 9.97 Å². The van der Waals surface area contributed by atoms with E-state index >= 15 is 0 Å². The fraction of sp³-hybridized carbons (Fsp3) is 0.0667. The minimum absolute atomic E-state index is 0.231. The first-order chi connectivity index (χ1) is 10.3. The Morgan fingerprint density at radius 2 is 2.00 bits per heavy atom. The Labute approximate surface area is 120 Å². The molecule has 2 aromatic heterocycles. The molecule has 0 atom stereocenters. The quantitative estimate of drug-likeness (QED) is 0.796. The van der Waals surface area contributed by atoms with E-state index in [0.29, 0.717) is 11.6 Å². The number of pyridine rings is 1. The maximum Gasteiger partial charge on any atom is 0.274 e. The Bertz CT molecular complexity index is 804. The molecule has 0 aliphatic carbocycles. The summed E-state index contributed by atoms with van der Waals surface area (Å²) >= 11 is 0. The number of anilines is 1. The molecule has 6 nitrogen and oxygen atoms in total. The zero-order valence-electron chi connectivity index (χ0n) is 11.3. The lowest BCUT2D eigenvalue weighted by atomic mass is 10.2. The van der Waals surface area contributed by atoms with E-state index in [9.17, 15) is 4.79 Å². The van der Waals surface area contributed by atoms with E-state index in [-0.39, 0.29) is 11.6 Å². The average molecular weight is 280 g/mol. The molecular formula is C15H12N4O2. The zero-order chi connectivity index (χ0) is 14.7. The molecule has 3 rings (SSSR count). The standard InChI is InChI=1S/C15H12N4O2/c1-21-14-7-13(17-9-18-14)15(20)19-11-6-10-4-2-3-5-12(10)16-8-11/h2-9H,1H3,(H,19,20). The predicted octanol–water partition coefficient (Wildman–Crippen LogP) is 2.29. The Morgan fingerprint density at radius 3 is 2.86 bits per heavy atom. The molecule has 0 saturated heterocycles. The summed E-state index contributed by atoms with van der Waals surface area (Å²) in [6.45, 7) is 0. The smallest absolute Gasteiger partial charge is 0.274 e. The number of nitrogens with zero attached hydrogens (tertiary/aromatic N) is 3. The van der Waals surface area contributed by atoms with Gasteiger partial charge in [-0.1, -0.05) is 18.2 Å². The van der Waals surface area contributed by atoms with Gasteiger partial charge in [0.2, 0.25) is 5.88 Å². The number of para-hydroxylation sites is 1. The van der Waals surface area contributed by atoms with Gasteiger partial charge >= 0.3 is 0 Å². The third kappa shape index (κ3) is 2.79. The van der Waals surface area contributed by atoms with Crippen molar-refractivity contribution < 1.29 is 9.53 Å². The average Bonchev–Trinajstić information content (AvgIpc) is 2.54. The molecule has 0 aliphatic heterocycles. The van der Waals surface area contributed by atoms with Crippen LogP contribution in [0.5, 0.6) is 5.88 Å². The second kappa shape index (κ2) is 5.54. The molecule has 0 spiro atoms. The van der Waals surface area contributed by atoms with Crippen molar-refractivity contribution in [2.75, 3.05) is 12.4 Å². The maximum absolute atomic E-state index is 12.1. The summed E-state index contributed by atoms with van der Waals surface area (Å²) in [4.78, 5) is 24.2. The van der Waals surface area contributed by atoms with Crippen molar-refractivity contribution in [2.45, 2.75) is 0 Å². The number of methoxy groups -OCH3 is 1. The van der Waals surface area contributed by atoms with Crippen molar-refractivity contribution in [1.82, 2.24) is 15.0 Å². The van der Waals surface area contributed by atoms with Crippen LogP contribution in [0.4, 0.5) is 5.69 Å². The van der Waals surface area contributed by atoms with E-state index in [2.05, 4.69) is 20.3 Å². The van der Waals surface area contributed by atoms with Crippen LogP contribution in [0.25, 0.3) is 10.9 Å². The molecule has 0 unspecified atom stereocenters. The van der Waals surface area contributed by atoms with Crippen LogP contribution < -0.4 is 10.1 Å². The number of ether oxygens (including phenoxy) is 1. The van der Waals surface area contributed by atoms with Gasteiger partial charge in [0.1, 0.15) is 12.0 Å². The molecule has 21 heavy (non-hydrogen) atoms. The largest absolute Gasteiger partial charge is 0.481 e. The van der Waals surface area contributed by atoms with E-state index in [1.54, 1.807) is 6.20 Å². The second-order valence-electron chi connectivity index (χ2n) is 4.32. The Hall–Kier alpha value is -3.02. The van der Waals surface area contributed by atoms with Crippen LogP contribution in [0.15, 0.2) is 48.9 Å². The van der Waals surface area contributed by atoms with Crippen molar-refractivity contribution in [3.05, 3.63) is 54.6 Å². The second-order valence-corrected chi connectivity index (χ2v) is 4.32. The summed E-state index contributed by atoms with van der Waals surface area (Å²) < 4.78 is 4.97. The predicted molar refractivity (Wildman–Crippen MR) is 78.3 cm³/mol. The molecule has 0 bridgehead atoms. The van der Waals surface area contributed by atoms with Crippen molar-refractivity contribution in [3.8, 4) is 5.88 Å². The van der Waals surface area contributed by atoms with Gasteiger partial charge in [0.05, 0.1) is 24.5 Å². The fourth-order valence-electron chi connectivity index (χ4n) is 1.91. The summed E-state index contributed by atoms with van der Waals surface area (Å²) in [6, 6.07) is 11.0. The van der Waals surface area contributed by atoms with Gasteiger partial charge in [0, 0.05) is 11.5 Å². The maximum atomic E-state index is 12.1. The van der Waals surface area contributed by atoms with Crippen molar-refractivity contribution in [2.24, 2.45) is 0 Å². The number of fused-ring (bicyclic) bond motifs is 1. The van der Waals surface area contributed by atoms with Gasteiger partial charge < -0.3 is 10.1 Å². The Kier molecular flexibility index (Phi) is 3.42. The molecule has 3 aromatic rings. The van der Waals surface area contributed by atoms with Crippen LogP contribution >= 0.6 is 0 Å². The van der Waals surface area contributed by atoms with Gasteiger partial charge in [0.25, 0.3) is 5.91 Å². The summed E-state index contributed by atoms with van der Waals surface area (Å²) in [7, 11) is 1.48. The highest BCUT2D eigenvalue weighted by Crippen LogP contribution is 2.17. The number of aromatic nitrogens is 3. The molecular weight excluding hydrogens is 268 g/mol. The third-order valence-electron chi connectivity index (χ3n) is 2.93. The first-order valence-electron chi connectivity index (χ1n) is 6.28. The lowest BCUT2D eigenvalue weighted by molar-refractivity contribution is 0.102. The van der Waals surface area contributed by atoms with Crippen molar-refractivity contribution in [3.63, 3.8) is 0 Å². The van der Waals surface area contributed by atoms with E-state index in [0.717, 1.165) is 10.9 Å². The molecule has 104 valence electrons. The lowest BCUT2D eigenvalue weighted by Crippen LogP contribution is -2.14. The number of hydrogen-bond acceptors (Lipinski definition) is 5. The Morgan fingerprint density at radius 1 is 1.14 bits per heavy atom. The number of carbonyl (C=O) groups excluding carboxylic acids is 1. The highest BCUT2D eigenvalue weighted by molar-refractivity contribution is 6.03. The van der Waals surface area contributed by atoms with Crippen LogP contribution in [0.3, 0.4) is 0 Å². The van der Waals surface area contributed by atoms with Crippen molar-refractivity contribution in [1.29, 1.82) is 0 Å². The lowest BCUT2D eigenvalue weighted by Gasteiger charge is -2.06. The molecule has 1 aromatic carbocycles. The topological polar surface area (TPSA) is 77.0 Å². The minimum atomic E-state index is -0.340. The molecule has 0 radical (unpaired) electrons. The van der Waals surface area contributed by atoms with Gasteiger partial charge in [-0.05, 0) is 12.1 Å². The van der Waals surface area contributed by atoms with Crippen LogP contribution in [-0.2, 0) is 0 Å². The molecule has 2 heterocycles. The summed E-state index contributed by atoms with van der Waals surface area (Å²) in [5.41, 5.74) is 1.71. The normalized spacial score (nSPS) is 10.3. The summed E-state index contributed by atoms with van der Waals surface area (Å²) in [5.74, 6) is -0.000400. The number of benzene rings is 1. The van der Waals surface area contributed by atoms with E-state index in [1.165, 1.54) is 19.5 Å². The number of hydrogen-bond donors (Lipinski definition) is 1. The fourth-order valence-corrected chi connectivity index (χ4v) is 1.91. The molecule has 6 heteroatoms. The van der Waals surface area contributed by atoms with Crippen LogP contribution in [0, 0.1) is 0 Å². The molecule has 0 aliphatic rings. The molecule has 0 fully saturated rings. The van der Waals surface area contributed by atoms with Gasteiger partial charge in [-0.2, -0.15) is 0 Å². The monoisotopic (exact) mass is 280 g/mol. The van der Waals surface area contributed by atoms with Gasteiger partial charge in [0.15, 0.2) is 0 Å². The third-order valence-corrected chi connectivity index (χ3v) is 2.93. The number of amides is 1. The number of carbonyl (C=O) groups is 1. The highest BCUT2D eigenvalue weighted by atomic mass is 16.5. The van der Waals surface area contributed by atoms with E-state index in [1.807, 2.05) is 30.3 Å². The zero-order valence-corrected chi connectivity index (χ0v) is 11.3. The molecule has 1 amide bonds. The van der Waals surface area contributed by atoms with Gasteiger partial charge in [-0.15, -0.1) is 0 Å². The first-order valence-corrected chi connectivity index (χ1v) is 6.28. The van der Waals surface area contributed by atoms with E-state index in [4.69, 9.17) is 4.74 Å². The highest BCUT2D eigenvalue weighted by Gasteiger charge is 2.10. The number of rotatable bonds is 3. The van der Waals surface area contributed by atoms with Crippen molar-refractivity contribution >= 4 is 22.5 Å². The van der Waals surface area contributed by atoms with E-state index < -0.39 is 0 Å². The molecule has 0 saturated carbocycles. The van der Waals surface area contributed by atoms with Gasteiger partial charge in [-0.3, -0.25) is 9.78 Å². The number of nitrogens with one attached hydrogen (secondary N) is 1. The Balaban J connectivity index is 1.85. The van der Waals surface area contributed by atoms with Crippen LogP contribution in [-0.4, -0.2) is 28.0 Å². The van der Waals surface area contributed by atoms with Crippen LogP contribution in [0.2, 0.25) is 0 Å². The summed E-state index contributed by atoms with van der Waals surface area (Å²) in [6.07, 6.45) is 2.89.